The summed E-state index contributed by atoms with van der Waals surface area (Å²) in [6, 6.07) is 10.2. The summed E-state index contributed by atoms with van der Waals surface area (Å²) in [7, 11) is 1.96. The van der Waals surface area contributed by atoms with Crippen molar-refractivity contribution >= 4 is 23.7 Å². The number of thiazole rings is 1. The average molecular weight is 242 g/mol. The smallest absolute Gasteiger partial charge is 0.207 e. The third-order valence-electron chi connectivity index (χ3n) is 2.10. The lowest BCUT2D eigenvalue weighted by molar-refractivity contribution is 0.862. The predicted octanol–water partition coefficient (Wildman–Crippen LogP) is 1.95. The van der Waals surface area contributed by atoms with Gasteiger partial charge < -0.3 is 10.4 Å². The molecule has 2 N–H and O–H groups in total. The molecule has 0 amide bonds. The minimum Gasteiger partial charge on any atom is -0.320 e. The minimum atomic E-state index is 0. The van der Waals surface area contributed by atoms with Crippen LogP contribution in [0.15, 0.2) is 40.8 Å². The molecule has 2 rings (SSSR count). The molecule has 1 aromatic heterocycles. The molecule has 0 saturated heterocycles. The molecule has 5 heteroatoms. The van der Waals surface area contributed by atoms with Gasteiger partial charge in [-0.2, -0.15) is 5.10 Å². The van der Waals surface area contributed by atoms with Gasteiger partial charge in [0, 0.05) is 12.4 Å². The van der Waals surface area contributed by atoms with Gasteiger partial charge in [0.15, 0.2) is 0 Å². The Bertz CT molecular complexity index is 487. The number of nitrogens with zero attached hydrogens (tertiary/aromatic N) is 2. The summed E-state index contributed by atoms with van der Waals surface area (Å²) in [4.78, 5) is 0.823. The summed E-state index contributed by atoms with van der Waals surface area (Å²) in [5.41, 5.74) is 2.32. The molecule has 0 atom stereocenters. The number of benzene rings is 1. The van der Waals surface area contributed by atoms with Crippen LogP contribution in [0.4, 0.5) is 0 Å². The van der Waals surface area contributed by atoms with E-state index < -0.39 is 0 Å². The van der Waals surface area contributed by atoms with Crippen molar-refractivity contribution in [3.8, 4) is 11.3 Å². The second kappa shape index (κ2) is 5.00. The Morgan fingerprint density at radius 1 is 1.27 bits per heavy atom. The molecule has 1 aromatic carbocycles. The molecule has 0 radical (unpaired) electrons. The fourth-order valence-corrected chi connectivity index (χ4v) is 2.19. The van der Waals surface area contributed by atoms with Crippen molar-refractivity contribution in [1.29, 1.82) is 0 Å². The lowest BCUT2D eigenvalue weighted by Crippen LogP contribution is -2.13. The van der Waals surface area contributed by atoms with Crippen molar-refractivity contribution in [3.05, 3.63) is 40.5 Å². The number of hydrogen-bond acceptors (Lipinski definition) is 3. The molecule has 0 unspecified atom stereocenters. The first-order chi connectivity index (χ1) is 6.83. The second-order valence-electron chi connectivity index (χ2n) is 2.96. The molecular weight excluding hydrogens is 230 g/mol. The minimum absolute atomic E-state index is 0. The molecule has 0 aliphatic carbocycles. The maximum atomic E-state index is 5.26. The lowest BCUT2D eigenvalue weighted by Gasteiger charge is -2.01. The molecule has 0 saturated carbocycles. The van der Waals surface area contributed by atoms with Crippen LogP contribution in [0.2, 0.25) is 0 Å². The molecule has 0 bridgehead atoms. The molecule has 0 spiro atoms. The van der Waals surface area contributed by atoms with Crippen LogP contribution in [0.3, 0.4) is 0 Å². The van der Waals surface area contributed by atoms with E-state index in [0.29, 0.717) is 0 Å². The first-order valence-electron chi connectivity index (χ1n) is 4.27. The number of aromatic nitrogens is 1. The third-order valence-corrected chi connectivity index (χ3v) is 3.04. The highest BCUT2D eigenvalue weighted by atomic mass is 35.5. The summed E-state index contributed by atoms with van der Waals surface area (Å²) < 4.78 is 1.99. The van der Waals surface area contributed by atoms with E-state index in [9.17, 15) is 0 Å². The fraction of sp³-hybridized carbons (Fsp3) is 0.100. The van der Waals surface area contributed by atoms with Gasteiger partial charge in [0.1, 0.15) is 0 Å². The van der Waals surface area contributed by atoms with Crippen LogP contribution in [0, 0.1) is 0 Å². The Labute approximate surface area is 98.3 Å². The Balaban J connectivity index is 0.00000112. The standard InChI is InChI=1S/C10H11N3S.ClH/c1-13-9(7-14-10(13)12-11)8-5-3-2-4-6-8;/h2-7H,11H2,1H3;1H/b12-10-;. The second-order valence-corrected chi connectivity index (χ2v) is 3.79. The molecule has 80 valence electrons. The quantitative estimate of drug-likeness (QED) is 0.602. The molecule has 1 heterocycles. The molecule has 3 nitrogen and oxygen atoms in total. The van der Waals surface area contributed by atoms with Crippen LogP contribution in [0.25, 0.3) is 11.3 Å². The van der Waals surface area contributed by atoms with Crippen molar-refractivity contribution in [2.75, 3.05) is 0 Å². The molecular formula is C10H12ClN3S. The van der Waals surface area contributed by atoms with Crippen molar-refractivity contribution in [2.24, 2.45) is 18.0 Å². The van der Waals surface area contributed by atoms with Crippen LogP contribution in [0.5, 0.6) is 0 Å². The zero-order valence-corrected chi connectivity index (χ0v) is 9.89. The van der Waals surface area contributed by atoms with Crippen LogP contribution in [-0.2, 0) is 7.05 Å². The van der Waals surface area contributed by atoms with Crippen molar-refractivity contribution < 1.29 is 0 Å². The van der Waals surface area contributed by atoms with Gasteiger partial charge in [0.25, 0.3) is 0 Å². The molecule has 15 heavy (non-hydrogen) atoms. The molecule has 0 aliphatic heterocycles. The highest BCUT2D eigenvalue weighted by molar-refractivity contribution is 7.07. The summed E-state index contributed by atoms with van der Waals surface area (Å²) in [6.07, 6.45) is 0. The Hall–Kier alpha value is -1.26. The van der Waals surface area contributed by atoms with Crippen LogP contribution >= 0.6 is 23.7 Å². The topological polar surface area (TPSA) is 43.3 Å². The van der Waals surface area contributed by atoms with Gasteiger partial charge in [-0.1, -0.05) is 30.3 Å². The normalized spacial score (nSPS) is 11.1. The SMILES string of the molecule is Cl.Cn1c(-c2ccccc2)cs/c1=N\N. The van der Waals surface area contributed by atoms with Crippen molar-refractivity contribution in [2.45, 2.75) is 0 Å². The summed E-state index contributed by atoms with van der Waals surface area (Å²) >= 11 is 1.54. The zero-order valence-electron chi connectivity index (χ0n) is 8.25. The van der Waals surface area contributed by atoms with E-state index >= 15 is 0 Å². The van der Waals surface area contributed by atoms with E-state index in [4.69, 9.17) is 5.84 Å². The van der Waals surface area contributed by atoms with Crippen molar-refractivity contribution in [1.82, 2.24) is 4.57 Å². The van der Waals surface area contributed by atoms with Crippen LogP contribution < -0.4 is 10.6 Å². The van der Waals surface area contributed by atoms with Gasteiger partial charge in [0.2, 0.25) is 4.80 Å². The first-order valence-corrected chi connectivity index (χ1v) is 5.15. The monoisotopic (exact) mass is 241 g/mol. The highest BCUT2D eigenvalue weighted by Gasteiger charge is 2.02. The van der Waals surface area contributed by atoms with Gasteiger partial charge in [-0.15, -0.1) is 23.7 Å². The van der Waals surface area contributed by atoms with Gasteiger partial charge in [-0.05, 0) is 5.56 Å². The molecule has 0 aliphatic rings. The van der Waals surface area contributed by atoms with E-state index in [-0.39, 0.29) is 12.4 Å². The highest BCUT2D eigenvalue weighted by Crippen LogP contribution is 2.17. The Morgan fingerprint density at radius 2 is 1.93 bits per heavy atom. The van der Waals surface area contributed by atoms with E-state index in [1.807, 2.05) is 29.8 Å². The Morgan fingerprint density at radius 3 is 2.47 bits per heavy atom. The summed E-state index contributed by atoms with van der Waals surface area (Å²) in [6.45, 7) is 0. The lowest BCUT2D eigenvalue weighted by atomic mass is 10.2. The largest absolute Gasteiger partial charge is 0.320 e. The van der Waals surface area contributed by atoms with Gasteiger partial charge >= 0.3 is 0 Å². The first kappa shape index (κ1) is 11.8. The van der Waals surface area contributed by atoms with E-state index in [1.165, 1.54) is 5.56 Å². The third kappa shape index (κ3) is 2.22. The number of halogens is 1. The maximum Gasteiger partial charge on any atom is 0.207 e. The number of nitrogens with two attached hydrogens (primary N) is 1. The average Bonchev–Trinajstić information content (AvgIpc) is 2.61. The van der Waals surface area contributed by atoms with Crippen LogP contribution in [-0.4, -0.2) is 4.57 Å². The van der Waals surface area contributed by atoms with Gasteiger partial charge in [0.05, 0.1) is 5.69 Å². The molecule has 0 fully saturated rings. The van der Waals surface area contributed by atoms with E-state index in [0.717, 1.165) is 10.5 Å². The Kier molecular flexibility index (Phi) is 3.94. The summed E-state index contributed by atoms with van der Waals surface area (Å²) in [5, 5.41) is 5.75. The van der Waals surface area contributed by atoms with Crippen LogP contribution in [0.1, 0.15) is 0 Å². The number of rotatable bonds is 1. The van der Waals surface area contributed by atoms with Gasteiger partial charge in [-0.25, -0.2) is 0 Å². The van der Waals surface area contributed by atoms with E-state index in [2.05, 4.69) is 22.6 Å². The molecule has 2 aromatic rings. The van der Waals surface area contributed by atoms with E-state index in [1.54, 1.807) is 11.3 Å². The zero-order chi connectivity index (χ0) is 9.97. The predicted molar refractivity (Wildman–Crippen MR) is 65.7 cm³/mol. The van der Waals surface area contributed by atoms with Crippen molar-refractivity contribution in [3.63, 3.8) is 0 Å². The maximum absolute atomic E-state index is 5.26. The number of hydrogen-bond donors (Lipinski definition) is 1. The van der Waals surface area contributed by atoms with Gasteiger partial charge in [-0.3, -0.25) is 0 Å². The summed E-state index contributed by atoms with van der Waals surface area (Å²) in [5.74, 6) is 5.26. The fourth-order valence-electron chi connectivity index (χ4n) is 1.36.